The van der Waals surface area contributed by atoms with Crippen LogP contribution < -0.4 is 0 Å². The van der Waals surface area contributed by atoms with Crippen LogP contribution in [-0.4, -0.2) is 17.7 Å². The molecule has 0 bridgehead atoms. The van der Waals surface area contributed by atoms with E-state index in [9.17, 15) is 4.79 Å². The first-order valence-electron chi connectivity index (χ1n) is 7.30. The molecule has 0 N–H and O–H groups in total. The lowest BCUT2D eigenvalue weighted by molar-refractivity contribution is 0.0187. The molecule has 3 rings (SSSR count). The molecule has 1 heterocycles. The Bertz CT molecular complexity index is 611. The van der Waals surface area contributed by atoms with Crippen molar-refractivity contribution in [2.24, 2.45) is 0 Å². The third-order valence-electron chi connectivity index (χ3n) is 3.47. The van der Waals surface area contributed by atoms with Crippen LogP contribution in [0.4, 0.5) is 0 Å². The molecule has 2 nitrogen and oxygen atoms in total. The minimum absolute atomic E-state index is 0.265. The van der Waals surface area contributed by atoms with E-state index in [4.69, 9.17) is 4.74 Å². The highest BCUT2D eigenvalue weighted by Gasteiger charge is 2.21. The largest absolute Gasteiger partial charge is 0.373 e. The quantitative estimate of drug-likeness (QED) is 0.353. The summed E-state index contributed by atoms with van der Waals surface area (Å²) in [5, 5.41) is 0. The zero-order valence-electron chi connectivity index (χ0n) is 12.4. The van der Waals surface area contributed by atoms with Crippen LogP contribution in [0.5, 0.6) is 0 Å². The van der Waals surface area contributed by atoms with Gasteiger partial charge in [-0.15, -0.1) is 0 Å². The molecule has 1 aliphatic rings. The number of alkyl halides is 1. The molecule has 2 aromatic carbocycles. The van der Waals surface area contributed by atoms with Gasteiger partial charge in [0.2, 0.25) is 0 Å². The summed E-state index contributed by atoms with van der Waals surface area (Å²) in [4.78, 5) is 10.7. The highest BCUT2D eigenvalue weighted by atomic mass is 79.9. The predicted molar refractivity (Wildman–Crippen MR) is 104 cm³/mol. The summed E-state index contributed by atoms with van der Waals surface area (Å²) in [5.41, 5.74) is 1.98. The van der Waals surface area contributed by atoms with E-state index >= 15 is 0 Å². The summed E-state index contributed by atoms with van der Waals surface area (Å²) >= 11 is 10.3. The Morgan fingerprint density at radius 2 is 1.52 bits per heavy atom. The van der Waals surface area contributed by atoms with Gasteiger partial charge in [0.25, 0.3) is 0 Å². The van der Waals surface area contributed by atoms with Crippen molar-refractivity contribution in [3.63, 3.8) is 0 Å². The van der Waals surface area contributed by atoms with Crippen LogP contribution in [0.2, 0.25) is 0 Å². The smallest absolute Gasteiger partial charge is 0.150 e. The van der Waals surface area contributed by atoms with E-state index in [0.717, 1.165) is 34.7 Å². The molecule has 23 heavy (non-hydrogen) atoms. The molecule has 0 aromatic heterocycles. The topological polar surface area (TPSA) is 26.3 Å². The van der Waals surface area contributed by atoms with Crippen molar-refractivity contribution in [2.75, 3.05) is 6.61 Å². The van der Waals surface area contributed by atoms with Crippen molar-refractivity contribution in [3.8, 4) is 0 Å². The van der Waals surface area contributed by atoms with E-state index in [1.54, 1.807) is 12.1 Å². The molecule has 0 amide bonds. The first-order chi connectivity index (χ1) is 11.1. The lowest BCUT2D eigenvalue weighted by Crippen LogP contribution is -2.19. The molecular formula is C18H17Br3O2. The minimum Gasteiger partial charge on any atom is -0.373 e. The van der Waals surface area contributed by atoms with Crippen LogP contribution in [0.1, 0.15) is 34.9 Å². The summed E-state index contributed by atoms with van der Waals surface area (Å²) in [7, 11) is 0. The fraction of sp³-hybridized carbons (Fsp3) is 0.278. The van der Waals surface area contributed by atoms with Crippen molar-refractivity contribution < 1.29 is 9.53 Å². The molecule has 1 fully saturated rings. The average Bonchev–Trinajstić information content (AvgIpc) is 2.57. The number of hydrogen-bond donors (Lipinski definition) is 0. The summed E-state index contributed by atoms with van der Waals surface area (Å²) in [6, 6.07) is 15.6. The monoisotopic (exact) mass is 502 g/mol. The molecule has 122 valence electrons. The maximum atomic E-state index is 10.1. The van der Waals surface area contributed by atoms with Crippen LogP contribution in [0.15, 0.2) is 57.5 Å². The standard InChI is InChI=1S/C11H12Br2O.C7H5BrO/c12-9-3-1-8(2-4-9)11-7-10(13)5-6-14-11;8-7-3-1-6(5-9)2-4-7/h1-4,10-11H,5-7H2;1-5H. The number of carbonyl (C=O) groups is 1. The first kappa shape index (κ1) is 18.8. The van der Waals surface area contributed by atoms with Gasteiger partial charge in [-0.2, -0.15) is 0 Å². The second kappa shape index (κ2) is 9.72. The third kappa shape index (κ3) is 6.49. The Balaban J connectivity index is 0.000000185. The molecule has 1 aliphatic heterocycles. The Morgan fingerprint density at radius 3 is 2.04 bits per heavy atom. The SMILES string of the molecule is Brc1ccc(C2CC(Br)CCO2)cc1.O=Cc1ccc(Br)cc1. The number of carbonyl (C=O) groups excluding carboxylic acids is 1. The molecule has 1 saturated heterocycles. The van der Waals surface area contributed by atoms with E-state index < -0.39 is 0 Å². The summed E-state index contributed by atoms with van der Waals surface area (Å²) in [6.07, 6.45) is 3.28. The molecular weight excluding hydrogens is 488 g/mol. The fourth-order valence-corrected chi connectivity index (χ4v) is 3.26. The van der Waals surface area contributed by atoms with Gasteiger partial charge in [0, 0.05) is 25.9 Å². The van der Waals surface area contributed by atoms with Crippen LogP contribution in [0.25, 0.3) is 0 Å². The van der Waals surface area contributed by atoms with Gasteiger partial charge in [-0.05, 0) is 42.7 Å². The minimum atomic E-state index is 0.265. The number of hydrogen-bond acceptors (Lipinski definition) is 2. The van der Waals surface area contributed by atoms with E-state index in [1.165, 1.54) is 5.56 Å². The molecule has 0 saturated carbocycles. The van der Waals surface area contributed by atoms with Crippen LogP contribution in [-0.2, 0) is 4.74 Å². The maximum absolute atomic E-state index is 10.1. The Hall–Kier alpha value is -0.490. The summed E-state index contributed by atoms with van der Waals surface area (Å²) in [6.45, 7) is 0.858. The molecule has 0 spiro atoms. The van der Waals surface area contributed by atoms with E-state index in [-0.39, 0.29) is 6.10 Å². The van der Waals surface area contributed by atoms with Gasteiger partial charge in [0.1, 0.15) is 6.29 Å². The van der Waals surface area contributed by atoms with Gasteiger partial charge < -0.3 is 4.74 Å². The van der Waals surface area contributed by atoms with Gasteiger partial charge in [-0.3, -0.25) is 4.79 Å². The Labute approximate surface area is 162 Å². The Morgan fingerprint density at radius 1 is 0.957 bits per heavy atom. The zero-order chi connectivity index (χ0) is 16.7. The lowest BCUT2D eigenvalue weighted by atomic mass is 10.0. The first-order valence-corrected chi connectivity index (χ1v) is 9.80. The molecule has 2 unspecified atom stereocenters. The van der Waals surface area contributed by atoms with Crippen molar-refractivity contribution in [1.29, 1.82) is 0 Å². The van der Waals surface area contributed by atoms with Gasteiger partial charge in [0.15, 0.2) is 0 Å². The molecule has 2 aromatic rings. The zero-order valence-corrected chi connectivity index (χ0v) is 17.2. The maximum Gasteiger partial charge on any atom is 0.150 e. The van der Waals surface area contributed by atoms with Crippen LogP contribution in [0, 0.1) is 0 Å². The average molecular weight is 505 g/mol. The second-order valence-electron chi connectivity index (χ2n) is 5.20. The highest BCUT2D eigenvalue weighted by molar-refractivity contribution is 9.10. The normalized spacial score (nSPS) is 20.3. The van der Waals surface area contributed by atoms with Crippen molar-refractivity contribution in [2.45, 2.75) is 23.8 Å². The van der Waals surface area contributed by atoms with Crippen molar-refractivity contribution in [3.05, 3.63) is 68.6 Å². The van der Waals surface area contributed by atoms with Gasteiger partial charge in [-0.1, -0.05) is 72.1 Å². The van der Waals surface area contributed by atoms with Crippen molar-refractivity contribution >= 4 is 54.1 Å². The van der Waals surface area contributed by atoms with E-state index in [1.807, 2.05) is 12.1 Å². The predicted octanol–water partition coefficient (Wildman–Crippen LogP) is 6.33. The van der Waals surface area contributed by atoms with Gasteiger partial charge in [-0.25, -0.2) is 0 Å². The van der Waals surface area contributed by atoms with E-state index in [2.05, 4.69) is 72.1 Å². The van der Waals surface area contributed by atoms with Gasteiger partial charge in [0.05, 0.1) is 6.10 Å². The highest BCUT2D eigenvalue weighted by Crippen LogP contribution is 2.31. The summed E-state index contributed by atoms with van der Waals surface area (Å²) < 4.78 is 7.84. The molecule has 0 aliphatic carbocycles. The number of ether oxygens (including phenoxy) is 1. The molecule has 5 heteroatoms. The number of halogens is 3. The van der Waals surface area contributed by atoms with Crippen LogP contribution >= 0.6 is 47.8 Å². The van der Waals surface area contributed by atoms with Crippen LogP contribution in [0.3, 0.4) is 0 Å². The number of benzene rings is 2. The molecule has 0 radical (unpaired) electrons. The van der Waals surface area contributed by atoms with E-state index in [0.29, 0.717) is 10.4 Å². The molecule has 2 atom stereocenters. The third-order valence-corrected chi connectivity index (χ3v) is 5.36. The van der Waals surface area contributed by atoms with Gasteiger partial charge >= 0.3 is 0 Å². The summed E-state index contributed by atoms with van der Waals surface area (Å²) in [5.74, 6) is 0. The Kier molecular flexibility index (Phi) is 7.96. The number of aldehydes is 1. The fourth-order valence-electron chi connectivity index (χ4n) is 2.21. The lowest BCUT2D eigenvalue weighted by Gasteiger charge is -2.26. The number of rotatable bonds is 2. The second-order valence-corrected chi connectivity index (χ2v) is 8.33. The van der Waals surface area contributed by atoms with Crippen molar-refractivity contribution in [1.82, 2.24) is 0 Å².